The summed E-state index contributed by atoms with van der Waals surface area (Å²) in [5.74, 6) is -0.127. The largest absolute Gasteiger partial charge is 0.417 e. The SMILES string of the molecule is O=c1c(Cl)cc(C(F)(F)F)cn1CC[S@](=O)c1cc(Cl)ccc1Cl. The average Bonchev–Trinajstić information content (AvgIpc) is 2.49. The molecule has 2 aromatic rings. The van der Waals surface area contributed by atoms with Crippen LogP contribution in [0.1, 0.15) is 5.56 Å². The van der Waals surface area contributed by atoms with Gasteiger partial charge in [0.1, 0.15) is 5.02 Å². The number of pyridine rings is 1. The van der Waals surface area contributed by atoms with E-state index in [9.17, 15) is 22.2 Å². The second-order valence-corrected chi connectivity index (χ2v) is 7.49. The molecule has 0 unspecified atom stereocenters. The van der Waals surface area contributed by atoms with Crippen molar-refractivity contribution in [1.29, 1.82) is 0 Å². The van der Waals surface area contributed by atoms with Crippen molar-refractivity contribution in [3.8, 4) is 0 Å². The summed E-state index contributed by atoms with van der Waals surface area (Å²) in [6, 6.07) is 4.94. The standard InChI is InChI=1S/C14H9Cl3F3NO2S/c15-9-1-2-10(16)12(6-9)24(23)4-3-21-7-8(14(18,19)20)5-11(17)13(21)22/h1-2,5-7H,3-4H2/t24-/m0/s1. The van der Waals surface area contributed by atoms with Crippen LogP contribution in [0.4, 0.5) is 13.2 Å². The van der Waals surface area contributed by atoms with E-state index in [0.717, 1.165) is 4.57 Å². The fraction of sp³-hybridized carbons (Fsp3) is 0.214. The Hall–Kier alpha value is -1.02. The molecule has 0 spiro atoms. The molecule has 1 aromatic carbocycles. The molecule has 0 aliphatic rings. The molecule has 0 bridgehead atoms. The maximum absolute atomic E-state index is 12.8. The second kappa shape index (κ2) is 7.47. The molecule has 1 heterocycles. The van der Waals surface area contributed by atoms with Gasteiger partial charge in [0.25, 0.3) is 5.56 Å². The maximum atomic E-state index is 12.8. The van der Waals surface area contributed by atoms with Crippen molar-refractivity contribution < 1.29 is 17.4 Å². The lowest BCUT2D eigenvalue weighted by Gasteiger charge is -2.12. The van der Waals surface area contributed by atoms with E-state index in [1.807, 2.05) is 0 Å². The number of halogens is 6. The van der Waals surface area contributed by atoms with Gasteiger partial charge < -0.3 is 4.57 Å². The third-order valence-corrected chi connectivity index (χ3v) is 5.35. The van der Waals surface area contributed by atoms with Crippen LogP contribution in [0.15, 0.2) is 40.2 Å². The van der Waals surface area contributed by atoms with E-state index in [-0.39, 0.29) is 22.2 Å². The minimum atomic E-state index is -4.64. The van der Waals surface area contributed by atoms with Crippen molar-refractivity contribution in [3.63, 3.8) is 0 Å². The van der Waals surface area contributed by atoms with Gasteiger partial charge >= 0.3 is 6.18 Å². The normalized spacial score (nSPS) is 13.1. The van der Waals surface area contributed by atoms with Crippen molar-refractivity contribution in [2.75, 3.05) is 5.75 Å². The highest BCUT2D eigenvalue weighted by Crippen LogP contribution is 2.29. The molecule has 1 aromatic heterocycles. The van der Waals surface area contributed by atoms with E-state index in [2.05, 4.69) is 0 Å². The average molecular weight is 419 g/mol. The molecular weight excluding hydrogens is 410 g/mol. The zero-order valence-electron chi connectivity index (χ0n) is 11.7. The molecule has 0 radical (unpaired) electrons. The lowest BCUT2D eigenvalue weighted by atomic mass is 10.3. The molecule has 0 amide bonds. The fourth-order valence-electron chi connectivity index (χ4n) is 1.86. The molecule has 3 nitrogen and oxygen atoms in total. The summed E-state index contributed by atoms with van der Waals surface area (Å²) >= 11 is 17.3. The first-order valence-electron chi connectivity index (χ1n) is 6.40. The summed E-state index contributed by atoms with van der Waals surface area (Å²) in [7, 11) is -1.65. The zero-order valence-corrected chi connectivity index (χ0v) is 14.8. The molecule has 0 N–H and O–H groups in total. The third-order valence-electron chi connectivity index (χ3n) is 3.03. The van der Waals surface area contributed by atoms with Crippen molar-refractivity contribution >= 4 is 45.6 Å². The van der Waals surface area contributed by atoms with Gasteiger partial charge in [-0.3, -0.25) is 9.00 Å². The van der Waals surface area contributed by atoms with E-state index < -0.39 is 33.1 Å². The Bertz CT molecular complexity index is 852. The maximum Gasteiger partial charge on any atom is 0.417 e. The first kappa shape index (κ1) is 19.3. The predicted octanol–water partition coefficient (Wildman–Crippen LogP) is 4.64. The van der Waals surface area contributed by atoms with Gasteiger partial charge in [-0.2, -0.15) is 13.2 Å². The third kappa shape index (κ3) is 4.53. The highest BCUT2D eigenvalue weighted by Gasteiger charge is 2.32. The molecule has 0 saturated carbocycles. The summed E-state index contributed by atoms with van der Waals surface area (Å²) in [6.07, 6.45) is -4.00. The number of hydrogen-bond donors (Lipinski definition) is 0. The van der Waals surface area contributed by atoms with Gasteiger partial charge in [-0.05, 0) is 24.3 Å². The van der Waals surface area contributed by atoms with Crippen LogP contribution in [-0.2, 0) is 23.5 Å². The van der Waals surface area contributed by atoms with Gasteiger partial charge in [-0.1, -0.05) is 34.8 Å². The fourth-order valence-corrected chi connectivity index (χ4v) is 3.83. The van der Waals surface area contributed by atoms with Crippen molar-refractivity contribution in [3.05, 3.63) is 61.4 Å². The quantitative estimate of drug-likeness (QED) is 0.726. The monoisotopic (exact) mass is 417 g/mol. The van der Waals surface area contributed by atoms with Gasteiger partial charge in [0.15, 0.2) is 0 Å². The van der Waals surface area contributed by atoms with Crippen LogP contribution in [0.3, 0.4) is 0 Å². The van der Waals surface area contributed by atoms with Crippen LogP contribution < -0.4 is 5.56 Å². The Morgan fingerprint density at radius 1 is 1.08 bits per heavy atom. The van der Waals surface area contributed by atoms with Gasteiger partial charge in [-0.25, -0.2) is 0 Å². The molecule has 1 atom stereocenters. The summed E-state index contributed by atoms with van der Waals surface area (Å²) < 4.78 is 51.4. The molecular formula is C14H9Cl3F3NO2S. The minimum absolute atomic E-state index is 0.127. The van der Waals surface area contributed by atoms with Crippen molar-refractivity contribution in [2.24, 2.45) is 0 Å². The number of benzene rings is 1. The van der Waals surface area contributed by atoms with Crippen LogP contribution in [0, 0.1) is 0 Å². The second-order valence-electron chi connectivity index (χ2n) is 4.70. The Morgan fingerprint density at radius 2 is 1.75 bits per heavy atom. The first-order chi connectivity index (χ1) is 11.1. The molecule has 0 aliphatic carbocycles. The highest BCUT2D eigenvalue weighted by molar-refractivity contribution is 7.85. The molecule has 10 heteroatoms. The van der Waals surface area contributed by atoms with Gasteiger partial charge in [0, 0.05) is 23.5 Å². The van der Waals surface area contributed by atoms with Gasteiger partial charge in [0.2, 0.25) is 0 Å². The predicted molar refractivity (Wildman–Crippen MR) is 88.5 cm³/mol. The lowest BCUT2D eigenvalue weighted by molar-refractivity contribution is -0.138. The summed E-state index contributed by atoms with van der Waals surface area (Å²) in [5.41, 5.74) is -1.85. The Balaban J connectivity index is 2.26. The first-order valence-corrected chi connectivity index (χ1v) is 8.85. The number of nitrogens with zero attached hydrogens (tertiary/aromatic N) is 1. The number of rotatable bonds is 4. The summed E-state index contributed by atoms with van der Waals surface area (Å²) in [5, 5.41) is -0.0226. The van der Waals surface area contributed by atoms with E-state index in [0.29, 0.717) is 17.3 Å². The van der Waals surface area contributed by atoms with Crippen LogP contribution in [0.5, 0.6) is 0 Å². The number of aryl methyl sites for hydroxylation is 1. The summed E-state index contributed by atoms with van der Waals surface area (Å²) in [4.78, 5) is 12.1. The smallest absolute Gasteiger partial charge is 0.313 e. The Morgan fingerprint density at radius 3 is 2.38 bits per heavy atom. The van der Waals surface area contributed by atoms with E-state index >= 15 is 0 Å². The Kier molecular flexibility index (Phi) is 6.01. The van der Waals surface area contributed by atoms with E-state index in [4.69, 9.17) is 34.8 Å². The van der Waals surface area contributed by atoms with Crippen molar-refractivity contribution in [2.45, 2.75) is 17.6 Å². The van der Waals surface area contributed by atoms with Crippen LogP contribution in [0.2, 0.25) is 15.1 Å². The number of aromatic nitrogens is 1. The molecule has 0 saturated heterocycles. The number of hydrogen-bond acceptors (Lipinski definition) is 2. The highest BCUT2D eigenvalue weighted by atomic mass is 35.5. The molecule has 0 fully saturated rings. The van der Waals surface area contributed by atoms with Gasteiger partial charge in [-0.15, -0.1) is 0 Å². The molecule has 24 heavy (non-hydrogen) atoms. The molecule has 2 rings (SSSR count). The Labute approximate surface area is 152 Å². The van der Waals surface area contributed by atoms with Crippen LogP contribution >= 0.6 is 34.8 Å². The van der Waals surface area contributed by atoms with Crippen LogP contribution in [-0.4, -0.2) is 14.5 Å². The molecule has 0 aliphatic heterocycles. The lowest BCUT2D eigenvalue weighted by Crippen LogP contribution is -2.25. The molecule has 130 valence electrons. The van der Waals surface area contributed by atoms with Crippen molar-refractivity contribution in [1.82, 2.24) is 4.57 Å². The van der Waals surface area contributed by atoms with Gasteiger partial charge in [0.05, 0.1) is 26.3 Å². The summed E-state index contributed by atoms with van der Waals surface area (Å²) in [6.45, 7) is -0.224. The minimum Gasteiger partial charge on any atom is -0.313 e. The van der Waals surface area contributed by atoms with E-state index in [1.54, 1.807) is 0 Å². The zero-order chi connectivity index (χ0) is 18.1. The topological polar surface area (TPSA) is 39.1 Å². The van der Waals surface area contributed by atoms with E-state index in [1.165, 1.54) is 18.2 Å². The van der Waals surface area contributed by atoms with Crippen LogP contribution in [0.25, 0.3) is 0 Å². The number of alkyl halides is 3.